The summed E-state index contributed by atoms with van der Waals surface area (Å²) in [4.78, 5) is 26.7. The van der Waals surface area contributed by atoms with Gasteiger partial charge < -0.3 is 10.6 Å². The number of benzene rings is 2. The van der Waals surface area contributed by atoms with E-state index in [9.17, 15) is 9.59 Å². The van der Waals surface area contributed by atoms with Crippen LogP contribution in [-0.4, -0.2) is 36.3 Å². The minimum Gasteiger partial charge on any atom is -0.349 e. The SMILES string of the molecule is Cc1ccc(CN(C)CC(=O)Nc2ccccc2C(=O)NC2CC2)cc1. The average Bonchev–Trinajstić information content (AvgIpc) is 3.41. The molecule has 0 atom stereocenters. The molecule has 2 aromatic rings. The highest BCUT2D eigenvalue weighted by Crippen LogP contribution is 2.21. The lowest BCUT2D eigenvalue weighted by atomic mass is 10.1. The van der Waals surface area contributed by atoms with Gasteiger partial charge in [0.1, 0.15) is 0 Å². The Bertz CT molecular complexity index is 782. The molecule has 0 aromatic heterocycles. The van der Waals surface area contributed by atoms with Gasteiger partial charge in [0.25, 0.3) is 5.91 Å². The summed E-state index contributed by atoms with van der Waals surface area (Å²) in [6, 6.07) is 15.7. The summed E-state index contributed by atoms with van der Waals surface area (Å²) in [7, 11) is 1.91. The summed E-state index contributed by atoms with van der Waals surface area (Å²) >= 11 is 0. The number of nitrogens with one attached hydrogen (secondary N) is 2. The Balaban J connectivity index is 1.57. The Hall–Kier alpha value is -2.66. The number of amides is 2. The van der Waals surface area contributed by atoms with E-state index in [1.54, 1.807) is 18.2 Å². The van der Waals surface area contributed by atoms with Crippen LogP contribution in [0.15, 0.2) is 48.5 Å². The lowest BCUT2D eigenvalue weighted by Gasteiger charge is -2.17. The first kappa shape index (κ1) is 18.1. The van der Waals surface area contributed by atoms with Crippen LogP contribution in [0.25, 0.3) is 0 Å². The molecule has 0 unspecified atom stereocenters. The van der Waals surface area contributed by atoms with Crippen LogP contribution >= 0.6 is 0 Å². The summed E-state index contributed by atoms with van der Waals surface area (Å²) in [6.07, 6.45) is 2.06. The second-order valence-electron chi connectivity index (χ2n) is 7.00. The van der Waals surface area contributed by atoms with E-state index in [2.05, 4.69) is 41.8 Å². The van der Waals surface area contributed by atoms with Crippen molar-refractivity contribution < 1.29 is 9.59 Å². The second-order valence-corrected chi connectivity index (χ2v) is 7.00. The van der Waals surface area contributed by atoms with Crippen molar-refractivity contribution in [2.75, 3.05) is 18.9 Å². The normalized spacial score (nSPS) is 13.5. The lowest BCUT2D eigenvalue weighted by Crippen LogP contribution is -2.31. The van der Waals surface area contributed by atoms with Crippen molar-refractivity contribution in [3.05, 3.63) is 65.2 Å². The molecule has 1 saturated carbocycles. The summed E-state index contributed by atoms with van der Waals surface area (Å²) in [5, 5.41) is 5.83. The number of rotatable bonds is 7. The number of carbonyl (C=O) groups excluding carboxylic acids is 2. The molecule has 0 bridgehead atoms. The zero-order valence-corrected chi connectivity index (χ0v) is 15.3. The fourth-order valence-corrected chi connectivity index (χ4v) is 2.78. The number of aryl methyl sites for hydroxylation is 1. The van der Waals surface area contributed by atoms with E-state index >= 15 is 0 Å². The predicted octanol–water partition coefficient (Wildman–Crippen LogP) is 2.96. The fraction of sp³-hybridized carbons (Fsp3) is 0.333. The van der Waals surface area contributed by atoms with Gasteiger partial charge in [-0.2, -0.15) is 0 Å². The summed E-state index contributed by atoms with van der Waals surface area (Å²) < 4.78 is 0. The first-order valence-electron chi connectivity index (χ1n) is 8.95. The van der Waals surface area contributed by atoms with Gasteiger partial charge in [-0.25, -0.2) is 0 Å². The molecule has 5 heteroatoms. The molecule has 3 rings (SSSR count). The summed E-state index contributed by atoms with van der Waals surface area (Å²) in [5.74, 6) is -0.261. The molecule has 2 amide bonds. The second kappa shape index (κ2) is 8.15. The van der Waals surface area contributed by atoms with Gasteiger partial charge in [0.2, 0.25) is 5.91 Å². The van der Waals surface area contributed by atoms with Gasteiger partial charge in [0.05, 0.1) is 17.8 Å². The first-order valence-corrected chi connectivity index (χ1v) is 8.95. The first-order chi connectivity index (χ1) is 12.5. The van der Waals surface area contributed by atoms with E-state index in [-0.39, 0.29) is 24.4 Å². The number of hydrogen-bond donors (Lipinski definition) is 2. The third-order valence-corrected chi connectivity index (χ3v) is 4.34. The highest BCUT2D eigenvalue weighted by atomic mass is 16.2. The molecule has 0 spiro atoms. The molecule has 0 saturated heterocycles. The Morgan fingerprint density at radius 3 is 2.46 bits per heavy atom. The number of nitrogens with zero attached hydrogens (tertiary/aromatic N) is 1. The fourth-order valence-electron chi connectivity index (χ4n) is 2.78. The maximum Gasteiger partial charge on any atom is 0.253 e. The van der Waals surface area contributed by atoms with Crippen LogP contribution in [0.5, 0.6) is 0 Å². The number of anilines is 1. The third kappa shape index (κ3) is 5.17. The van der Waals surface area contributed by atoms with Crippen LogP contribution in [0, 0.1) is 6.92 Å². The smallest absolute Gasteiger partial charge is 0.253 e. The van der Waals surface area contributed by atoms with Crippen molar-refractivity contribution in [1.82, 2.24) is 10.2 Å². The Morgan fingerprint density at radius 1 is 1.08 bits per heavy atom. The summed E-state index contributed by atoms with van der Waals surface area (Å²) in [5.41, 5.74) is 3.44. The van der Waals surface area contributed by atoms with E-state index in [0.29, 0.717) is 17.8 Å². The van der Waals surface area contributed by atoms with Crippen LogP contribution < -0.4 is 10.6 Å². The van der Waals surface area contributed by atoms with Crippen molar-refractivity contribution in [2.45, 2.75) is 32.4 Å². The van der Waals surface area contributed by atoms with Crippen molar-refractivity contribution in [1.29, 1.82) is 0 Å². The molecule has 2 aromatic carbocycles. The van der Waals surface area contributed by atoms with Crippen molar-refractivity contribution in [3.8, 4) is 0 Å². The molecule has 0 radical (unpaired) electrons. The van der Waals surface area contributed by atoms with Gasteiger partial charge in [0.15, 0.2) is 0 Å². The number of hydrogen-bond acceptors (Lipinski definition) is 3. The van der Waals surface area contributed by atoms with Crippen molar-refractivity contribution in [2.24, 2.45) is 0 Å². The van der Waals surface area contributed by atoms with Gasteiger partial charge in [-0.3, -0.25) is 14.5 Å². The van der Waals surface area contributed by atoms with Crippen LogP contribution in [0.4, 0.5) is 5.69 Å². The minimum absolute atomic E-state index is 0.128. The monoisotopic (exact) mass is 351 g/mol. The minimum atomic E-state index is -0.133. The predicted molar refractivity (Wildman–Crippen MR) is 103 cm³/mol. The van der Waals surface area contributed by atoms with E-state index in [1.807, 2.05) is 18.0 Å². The van der Waals surface area contributed by atoms with Crippen LogP contribution in [-0.2, 0) is 11.3 Å². The molecule has 2 N–H and O–H groups in total. The number of para-hydroxylation sites is 1. The Kier molecular flexibility index (Phi) is 5.68. The highest BCUT2D eigenvalue weighted by molar-refractivity contribution is 6.04. The number of likely N-dealkylation sites (N-methyl/N-ethyl adjacent to an activating group) is 1. The van der Waals surface area contributed by atoms with Crippen LogP contribution in [0.1, 0.15) is 34.3 Å². The Morgan fingerprint density at radius 2 is 1.77 bits per heavy atom. The molecule has 0 heterocycles. The Labute approximate surface area is 154 Å². The number of carbonyl (C=O) groups is 2. The highest BCUT2D eigenvalue weighted by Gasteiger charge is 2.25. The third-order valence-electron chi connectivity index (χ3n) is 4.34. The molecule has 1 fully saturated rings. The topological polar surface area (TPSA) is 61.4 Å². The molecule has 1 aliphatic carbocycles. The standard InChI is InChI=1S/C21H25N3O2/c1-15-7-9-16(10-8-15)13-24(2)14-20(25)23-19-6-4-3-5-18(19)21(26)22-17-11-12-17/h3-10,17H,11-14H2,1-2H3,(H,22,26)(H,23,25). The largest absolute Gasteiger partial charge is 0.349 e. The quantitative estimate of drug-likeness (QED) is 0.806. The average molecular weight is 351 g/mol. The van der Waals surface area contributed by atoms with Gasteiger partial charge in [-0.05, 0) is 44.5 Å². The van der Waals surface area contributed by atoms with E-state index in [0.717, 1.165) is 18.4 Å². The van der Waals surface area contributed by atoms with Gasteiger partial charge in [-0.15, -0.1) is 0 Å². The maximum absolute atomic E-state index is 12.4. The molecule has 26 heavy (non-hydrogen) atoms. The van der Waals surface area contributed by atoms with Crippen molar-refractivity contribution in [3.63, 3.8) is 0 Å². The zero-order valence-electron chi connectivity index (χ0n) is 15.3. The van der Waals surface area contributed by atoms with Gasteiger partial charge >= 0.3 is 0 Å². The van der Waals surface area contributed by atoms with Gasteiger partial charge in [-0.1, -0.05) is 42.0 Å². The molecular formula is C21H25N3O2. The van der Waals surface area contributed by atoms with E-state index < -0.39 is 0 Å². The zero-order chi connectivity index (χ0) is 18.5. The van der Waals surface area contributed by atoms with Crippen molar-refractivity contribution >= 4 is 17.5 Å². The molecule has 136 valence electrons. The van der Waals surface area contributed by atoms with E-state index in [1.165, 1.54) is 5.56 Å². The maximum atomic E-state index is 12.4. The lowest BCUT2D eigenvalue weighted by molar-refractivity contribution is -0.117. The summed E-state index contributed by atoms with van der Waals surface area (Å²) in [6.45, 7) is 3.00. The molecule has 1 aliphatic rings. The van der Waals surface area contributed by atoms with Gasteiger partial charge in [0, 0.05) is 12.6 Å². The van der Waals surface area contributed by atoms with Crippen LogP contribution in [0.2, 0.25) is 0 Å². The van der Waals surface area contributed by atoms with Crippen LogP contribution in [0.3, 0.4) is 0 Å². The molecular weight excluding hydrogens is 326 g/mol. The van der Waals surface area contributed by atoms with E-state index in [4.69, 9.17) is 0 Å². The molecule has 5 nitrogen and oxygen atoms in total. The molecule has 0 aliphatic heterocycles.